The molecule has 1 aliphatic rings. The summed E-state index contributed by atoms with van der Waals surface area (Å²) in [7, 11) is 0. The number of benzene rings is 3. The van der Waals surface area contributed by atoms with E-state index in [0.717, 1.165) is 16.8 Å². The molecule has 3 aromatic rings. The van der Waals surface area contributed by atoms with E-state index in [4.69, 9.17) is 23.2 Å². The van der Waals surface area contributed by atoms with Crippen LogP contribution in [0.2, 0.25) is 10.0 Å². The zero-order valence-electron chi connectivity index (χ0n) is 16.9. The highest BCUT2D eigenvalue weighted by molar-refractivity contribution is 6.34. The summed E-state index contributed by atoms with van der Waals surface area (Å²) in [5.41, 5.74) is 3.17. The molecule has 3 aromatic carbocycles. The lowest BCUT2D eigenvalue weighted by atomic mass is 9.98. The van der Waals surface area contributed by atoms with Crippen molar-refractivity contribution < 1.29 is 18.3 Å². The number of hydrogen-bond donors (Lipinski definition) is 1. The van der Waals surface area contributed by atoms with Gasteiger partial charge in [-0.1, -0.05) is 65.7 Å². The number of nitrogens with zero attached hydrogens (tertiary/aromatic N) is 2. The Morgan fingerprint density at radius 3 is 2.12 bits per heavy atom. The summed E-state index contributed by atoms with van der Waals surface area (Å²) in [6, 6.07) is 21.6. The van der Waals surface area contributed by atoms with E-state index < -0.39 is 24.9 Å². The van der Waals surface area contributed by atoms with Crippen molar-refractivity contribution in [3.05, 3.63) is 94.0 Å². The number of halogens is 5. The van der Waals surface area contributed by atoms with Crippen molar-refractivity contribution in [3.63, 3.8) is 0 Å². The summed E-state index contributed by atoms with van der Waals surface area (Å²) in [5, 5.41) is 10.9. The second-order valence-corrected chi connectivity index (χ2v) is 8.66. The number of alkyl halides is 3. The predicted molar refractivity (Wildman–Crippen MR) is 123 cm³/mol. The Morgan fingerprint density at radius 1 is 0.906 bits per heavy atom. The van der Waals surface area contributed by atoms with Gasteiger partial charge in [0.15, 0.2) is 6.10 Å². The third-order valence-electron chi connectivity index (χ3n) is 5.53. The number of aliphatic hydroxyl groups is 1. The van der Waals surface area contributed by atoms with Gasteiger partial charge in [0.05, 0.1) is 24.0 Å². The minimum atomic E-state index is -4.70. The molecule has 0 saturated carbocycles. The van der Waals surface area contributed by atoms with Gasteiger partial charge >= 0.3 is 6.18 Å². The summed E-state index contributed by atoms with van der Waals surface area (Å²) < 4.78 is 39.7. The zero-order chi connectivity index (χ0) is 22.9. The van der Waals surface area contributed by atoms with Crippen LogP contribution in [-0.2, 0) is 6.54 Å². The van der Waals surface area contributed by atoms with Gasteiger partial charge in [0, 0.05) is 23.1 Å². The fraction of sp³-hybridized carbons (Fsp3) is 0.250. The van der Waals surface area contributed by atoms with E-state index in [0.29, 0.717) is 28.8 Å². The first-order valence-corrected chi connectivity index (χ1v) is 10.8. The van der Waals surface area contributed by atoms with Crippen LogP contribution in [0.1, 0.15) is 17.2 Å². The van der Waals surface area contributed by atoms with Crippen LogP contribution in [0.4, 0.5) is 24.5 Å². The van der Waals surface area contributed by atoms with Crippen LogP contribution in [0.3, 0.4) is 0 Å². The number of anilines is 2. The molecule has 0 aliphatic carbocycles. The van der Waals surface area contributed by atoms with Crippen molar-refractivity contribution in [1.29, 1.82) is 0 Å². The maximum atomic E-state index is 13.2. The maximum absolute atomic E-state index is 13.2. The van der Waals surface area contributed by atoms with E-state index >= 15 is 0 Å². The zero-order valence-corrected chi connectivity index (χ0v) is 18.4. The average Bonchev–Trinajstić information content (AvgIpc) is 2.74. The third kappa shape index (κ3) is 4.98. The van der Waals surface area contributed by atoms with Crippen molar-refractivity contribution >= 4 is 34.6 Å². The Hall–Kier alpha value is -2.41. The van der Waals surface area contributed by atoms with E-state index in [-0.39, 0.29) is 0 Å². The lowest BCUT2D eigenvalue weighted by Gasteiger charge is -2.45. The lowest BCUT2D eigenvalue weighted by molar-refractivity contribution is -0.200. The van der Waals surface area contributed by atoms with Gasteiger partial charge in [0.25, 0.3) is 0 Å². The molecule has 0 fully saturated rings. The fourth-order valence-corrected chi connectivity index (χ4v) is 4.67. The van der Waals surface area contributed by atoms with Gasteiger partial charge in [-0.3, -0.25) is 0 Å². The highest BCUT2D eigenvalue weighted by Crippen LogP contribution is 2.42. The second-order valence-electron chi connectivity index (χ2n) is 7.78. The quantitative estimate of drug-likeness (QED) is 0.452. The Labute approximate surface area is 194 Å². The minimum Gasteiger partial charge on any atom is -0.382 e. The summed E-state index contributed by atoms with van der Waals surface area (Å²) in [5.74, 6) is 0. The molecule has 0 spiro atoms. The van der Waals surface area contributed by atoms with Crippen molar-refractivity contribution in [2.75, 3.05) is 22.9 Å². The number of fused-ring (bicyclic) bond motifs is 1. The first-order valence-electron chi connectivity index (χ1n) is 10.1. The normalized spacial score (nSPS) is 17.2. The Balaban J connectivity index is 1.76. The van der Waals surface area contributed by atoms with E-state index in [2.05, 4.69) is 4.90 Å². The van der Waals surface area contributed by atoms with E-state index in [1.807, 2.05) is 54.6 Å². The Kier molecular flexibility index (Phi) is 6.56. The summed E-state index contributed by atoms with van der Waals surface area (Å²) in [6.45, 7) is 0.350. The molecule has 0 bridgehead atoms. The smallest absolute Gasteiger partial charge is 0.382 e. The number of aliphatic hydroxyl groups excluding tert-OH is 1. The molecular weight excluding hydrogens is 460 g/mol. The molecule has 2 atom stereocenters. The van der Waals surface area contributed by atoms with Crippen LogP contribution in [0.5, 0.6) is 0 Å². The predicted octanol–water partition coefficient (Wildman–Crippen LogP) is 6.48. The van der Waals surface area contributed by atoms with Gasteiger partial charge in [-0.05, 0) is 41.5 Å². The van der Waals surface area contributed by atoms with Crippen LogP contribution in [0.15, 0.2) is 72.8 Å². The SMILES string of the molecule is O[C@H](CN1c2ccccc2N(Cc2cc(Cl)cc(Cl)c2)CC1c1ccccc1)C(F)(F)F. The number of rotatable bonds is 5. The molecule has 0 saturated heterocycles. The molecular formula is C24H21Cl2F3N2O. The van der Waals surface area contributed by atoms with Crippen molar-refractivity contribution in [2.24, 2.45) is 0 Å². The van der Waals surface area contributed by atoms with Crippen LogP contribution in [0, 0.1) is 0 Å². The van der Waals surface area contributed by atoms with Gasteiger partial charge in [0.2, 0.25) is 0 Å². The summed E-state index contributed by atoms with van der Waals surface area (Å²) in [4.78, 5) is 3.75. The van der Waals surface area contributed by atoms with E-state index in [1.165, 1.54) is 0 Å². The minimum absolute atomic E-state index is 0.391. The molecule has 1 unspecified atom stereocenters. The molecule has 168 valence electrons. The molecule has 0 amide bonds. The van der Waals surface area contributed by atoms with E-state index in [9.17, 15) is 18.3 Å². The number of hydrogen-bond acceptors (Lipinski definition) is 3. The highest BCUT2D eigenvalue weighted by atomic mass is 35.5. The van der Waals surface area contributed by atoms with Crippen molar-refractivity contribution in [1.82, 2.24) is 0 Å². The largest absolute Gasteiger partial charge is 0.416 e. The third-order valence-corrected chi connectivity index (χ3v) is 5.97. The Bertz CT molecular complexity index is 1060. The first kappa shape index (κ1) is 22.8. The number of β-amino-alcohol motifs (C(OH)–C–C–N with tert-alkyl or cyclic N) is 1. The first-order chi connectivity index (χ1) is 15.2. The van der Waals surface area contributed by atoms with Crippen LogP contribution in [-0.4, -0.2) is 30.5 Å². The van der Waals surface area contributed by atoms with Gasteiger partial charge in [0.1, 0.15) is 0 Å². The summed E-state index contributed by atoms with van der Waals surface area (Å²) >= 11 is 12.3. The van der Waals surface area contributed by atoms with Crippen LogP contribution in [0.25, 0.3) is 0 Å². The standard InChI is InChI=1S/C24H21Cl2F3N2O/c25-18-10-16(11-19(26)12-18)13-30-14-22(17-6-2-1-3-7-17)31(15-23(32)24(27,28)29)21-9-5-4-8-20(21)30/h1-12,22-23,32H,13-15H2/t22?,23-/m1/s1. The van der Waals surface area contributed by atoms with Crippen LogP contribution >= 0.6 is 23.2 Å². The molecule has 8 heteroatoms. The van der Waals surface area contributed by atoms with Gasteiger partial charge in [-0.25, -0.2) is 0 Å². The molecule has 3 nitrogen and oxygen atoms in total. The Morgan fingerprint density at radius 2 is 1.50 bits per heavy atom. The summed E-state index contributed by atoms with van der Waals surface area (Å²) in [6.07, 6.45) is -7.16. The maximum Gasteiger partial charge on any atom is 0.416 e. The monoisotopic (exact) mass is 480 g/mol. The molecule has 1 N–H and O–H groups in total. The number of para-hydroxylation sites is 2. The molecule has 1 aliphatic heterocycles. The second kappa shape index (κ2) is 9.22. The topological polar surface area (TPSA) is 26.7 Å². The van der Waals surface area contributed by atoms with Crippen LogP contribution < -0.4 is 9.80 Å². The highest BCUT2D eigenvalue weighted by Gasteiger charge is 2.42. The molecule has 0 aromatic heterocycles. The molecule has 0 radical (unpaired) electrons. The molecule has 1 heterocycles. The molecule has 32 heavy (non-hydrogen) atoms. The van der Waals surface area contributed by atoms with Gasteiger partial charge in [-0.15, -0.1) is 0 Å². The molecule has 4 rings (SSSR count). The van der Waals surface area contributed by atoms with Crippen molar-refractivity contribution in [3.8, 4) is 0 Å². The van der Waals surface area contributed by atoms with E-state index in [1.54, 1.807) is 23.1 Å². The van der Waals surface area contributed by atoms with Gasteiger partial charge < -0.3 is 14.9 Å². The lowest BCUT2D eigenvalue weighted by Crippen LogP contribution is -2.49. The fourth-order valence-electron chi connectivity index (χ4n) is 4.10. The van der Waals surface area contributed by atoms with Gasteiger partial charge in [-0.2, -0.15) is 13.2 Å². The van der Waals surface area contributed by atoms with Crippen molar-refractivity contribution in [2.45, 2.75) is 24.9 Å². The average molecular weight is 481 g/mol.